The van der Waals surface area contributed by atoms with Gasteiger partial charge in [-0.1, -0.05) is 28.1 Å². The highest BCUT2D eigenvalue weighted by molar-refractivity contribution is 9.10. The molecule has 0 spiro atoms. The highest BCUT2D eigenvalue weighted by Gasteiger charge is 2.40. The number of nitrogens with zero attached hydrogens (tertiary/aromatic N) is 3. The number of anilines is 1. The highest BCUT2D eigenvalue weighted by atomic mass is 79.9. The molecule has 0 fully saturated rings. The van der Waals surface area contributed by atoms with Crippen LogP contribution in [0.4, 0.5) is 5.69 Å². The summed E-state index contributed by atoms with van der Waals surface area (Å²) in [4.78, 5) is 15.5. The van der Waals surface area contributed by atoms with Gasteiger partial charge in [-0.2, -0.15) is 5.10 Å². The first-order valence-corrected chi connectivity index (χ1v) is 11.3. The summed E-state index contributed by atoms with van der Waals surface area (Å²) < 4.78 is 19.7. The molecule has 2 aromatic carbocycles. The smallest absolute Gasteiger partial charge is 0.311 e. The Bertz CT molecular complexity index is 1230. The summed E-state index contributed by atoms with van der Waals surface area (Å²) in [6, 6.07) is 11.9. The second-order valence-electron chi connectivity index (χ2n) is 8.07. The first kappa shape index (κ1) is 20.9. The summed E-state index contributed by atoms with van der Waals surface area (Å²) in [5, 5.41) is 4.47. The van der Waals surface area contributed by atoms with Crippen LogP contribution in [0.2, 0.25) is 0 Å². The number of benzene rings is 2. The van der Waals surface area contributed by atoms with Crippen molar-refractivity contribution in [2.75, 3.05) is 25.7 Å². The molecule has 3 aromatic rings. The van der Waals surface area contributed by atoms with Crippen LogP contribution >= 0.6 is 15.9 Å². The number of fused-ring (bicyclic) bond motifs is 5. The third-order valence-corrected chi connectivity index (χ3v) is 6.73. The maximum absolute atomic E-state index is 13.2. The molecule has 0 saturated carbocycles. The van der Waals surface area contributed by atoms with Gasteiger partial charge in [0.2, 0.25) is 5.75 Å². The molecule has 2 aliphatic rings. The van der Waals surface area contributed by atoms with Gasteiger partial charge in [0.1, 0.15) is 11.8 Å². The van der Waals surface area contributed by atoms with Crippen molar-refractivity contribution in [1.29, 1.82) is 0 Å². The number of aromatic nitrogens is 2. The number of methoxy groups -OCH3 is 2. The van der Waals surface area contributed by atoms with Gasteiger partial charge in [-0.3, -0.25) is 4.79 Å². The number of rotatable bonds is 4. The van der Waals surface area contributed by atoms with Crippen LogP contribution in [-0.4, -0.2) is 36.6 Å². The second kappa shape index (κ2) is 8.16. The zero-order valence-electron chi connectivity index (χ0n) is 18.2. The maximum atomic E-state index is 13.2. The fraction of sp³-hybridized carbons (Fsp3) is 0.333. The lowest BCUT2D eigenvalue weighted by Crippen LogP contribution is -2.48. The Morgan fingerprint density at radius 2 is 1.88 bits per heavy atom. The summed E-state index contributed by atoms with van der Waals surface area (Å²) in [6.07, 6.45) is 2.37. The van der Waals surface area contributed by atoms with Crippen LogP contribution in [0.15, 0.2) is 51.9 Å². The Balaban J connectivity index is 1.52. The van der Waals surface area contributed by atoms with Gasteiger partial charge >= 0.3 is 5.56 Å². The third kappa shape index (κ3) is 3.43. The second-order valence-corrected chi connectivity index (χ2v) is 8.98. The highest BCUT2D eigenvalue weighted by Crippen LogP contribution is 2.46. The Hall–Kier alpha value is -3.00. The zero-order chi connectivity index (χ0) is 22.4. The van der Waals surface area contributed by atoms with E-state index in [-0.39, 0.29) is 17.7 Å². The summed E-state index contributed by atoms with van der Waals surface area (Å²) in [5.74, 6) is 1.78. The van der Waals surface area contributed by atoms with Gasteiger partial charge in [0.15, 0.2) is 11.5 Å². The van der Waals surface area contributed by atoms with E-state index in [1.54, 1.807) is 20.4 Å². The minimum atomic E-state index is -0.214. The van der Waals surface area contributed by atoms with Crippen LogP contribution in [0.5, 0.6) is 17.2 Å². The minimum Gasteiger partial charge on any atom is -0.493 e. The Morgan fingerprint density at radius 3 is 2.59 bits per heavy atom. The van der Waals surface area contributed by atoms with Crippen molar-refractivity contribution in [3.05, 3.63) is 74.1 Å². The fourth-order valence-electron chi connectivity index (χ4n) is 4.66. The largest absolute Gasteiger partial charge is 0.493 e. The summed E-state index contributed by atoms with van der Waals surface area (Å²) in [5.41, 5.74) is 3.86. The van der Waals surface area contributed by atoms with Crippen LogP contribution in [0.25, 0.3) is 0 Å². The lowest BCUT2D eigenvalue weighted by Gasteiger charge is -2.45. The van der Waals surface area contributed by atoms with E-state index in [1.807, 2.05) is 43.3 Å². The van der Waals surface area contributed by atoms with Crippen LogP contribution in [-0.2, 0) is 13.0 Å². The molecule has 7 nitrogen and oxygen atoms in total. The molecule has 8 heteroatoms. The molecule has 0 amide bonds. The molecule has 2 unspecified atom stereocenters. The normalized spacial score (nSPS) is 18.8. The molecule has 3 heterocycles. The van der Waals surface area contributed by atoms with Crippen LogP contribution < -0.4 is 24.7 Å². The zero-order valence-corrected chi connectivity index (χ0v) is 19.8. The summed E-state index contributed by atoms with van der Waals surface area (Å²) >= 11 is 3.44. The molecule has 0 bridgehead atoms. The minimum absolute atomic E-state index is 0.0328. The van der Waals surface area contributed by atoms with E-state index in [0.29, 0.717) is 18.0 Å². The van der Waals surface area contributed by atoms with Crippen LogP contribution in [0, 0.1) is 0 Å². The standard InChI is InChI=1S/C24H24BrN3O4/c1-14-22-18-11-21(31-3)20(30-2)10-16(18)8-9-27(22)19-12-26-28(24(29)23(19)32-14)13-15-4-6-17(25)7-5-15/h4-7,10-12,14,22H,8-9,13H2,1-3H3. The van der Waals surface area contributed by atoms with Gasteiger partial charge in [0, 0.05) is 11.0 Å². The average Bonchev–Trinajstić information content (AvgIpc) is 2.81. The van der Waals surface area contributed by atoms with E-state index < -0.39 is 0 Å². The monoisotopic (exact) mass is 497 g/mol. The van der Waals surface area contributed by atoms with Crippen molar-refractivity contribution in [3.8, 4) is 17.2 Å². The molecule has 0 N–H and O–H groups in total. The SMILES string of the molecule is COc1cc2c(cc1OC)C1C(C)Oc3c(cnn(Cc4ccc(Br)cc4)c3=O)N1CC2. The van der Waals surface area contributed by atoms with E-state index in [9.17, 15) is 4.79 Å². The Kier molecular flexibility index (Phi) is 5.33. The molecule has 0 radical (unpaired) electrons. The lowest BCUT2D eigenvalue weighted by molar-refractivity contribution is 0.160. The predicted octanol–water partition coefficient (Wildman–Crippen LogP) is 3.96. The van der Waals surface area contributed by atoms with Gasteiger partial charge in [-0.25, -0.2) is 4.68 Å². The number of halogens is 1. The van der Waals surface area contributed by atoms with E-state index in [2.05, 4.69) is 25.9 Å². The first-order valence-electron chi connectivity index (χ1n) is 10.5. The molecular formula is C24H24BrN3O4. The Morgan fingerprint density at radius 1 is 1.16 bits per heavy atom. The predicted molar refractivity (Wildman–Crippen MR) is 125 cm³/mol. The van der Waals surface area contributed by atoms with Crippen molar-refractivity contribution in [3.63, 3.8) is 0 Å². The van der Waals surface area contributed by atoms with E-state index >= 15 is 0 Å². The fourth-order valence-corrected chi connectivity index (χ4v) is 4.92. The van der Waals surface area contributed by atoms with Gasteiger partial charge in [-0.05, 0) is 54.3 Å². The number of ether oxygens (including phenoxy) is 3. The van der Waals surface area contributed by atoms with Crippen molar-refractivity contribution >= 4 is 21.6 Å². The van der Waals surface area contributed by atoms with Crippen molar-refractivity contribution in [2.24, 2.45) is 0 Å². The Labute approximate surface area is 194 Å². The quantitative estimate of drug-likeness (QED) is 0.543. The van der Waals surface area contributed by atoms with Gasteiger partial charge < -0.3 is 19.1 Å². The van der Waals surface area contributed by atoms with E-state index in [0.717, 1.165) is 40.0 Å². The van der Waals surface area contributed by atoms with Gasteiger partial charge in [0.25, 0.3) is 0 Å². The van der Waals surface area contributed by atoms with E-state index in [1.165, 1.54) is 10.2 Å². The first-order chi connectivity index (χ1) is 15.5. The molecule has 32 heavy (non-hydrogen) atoms. The molecule has 5 rings (SSSR count). The number of hydrogen-bond donors (Lipinski definition) is 0. The molecule has 166 valence electrons. The average molecular weight is 498 g/mol. The van der Waals surface area contributed by atoms with Crippen molar-refractivity contribution in [2.45, 2.75) is 32.0 Å². The van der Waals surface area contributed by atoms with Crippen molar-refractivity contribution in [1.82, 2.24) is 9.78 Å². The van der Waals surface area contributed by atoms with Crippen LogP contribution in [0.1, 0.15) is 29.7 Å². The molecule has 2 atom stereocenters. The van der Waals surface area contributed by atoms with Crippen LogP contribution in [0.3, 0.4) is 0 Å². The maximum Gasteiger partial charge on any atom is 0.311 e. The lowest BCUT2D eigenvalue weighted by atomic mass is 9.88. The molecule has 1 aromatic heterocycles. The molecule has 0 aliphatic carbocycles. The molecular weight excluding hydrogens is 474 g/mol. The molecule has 2 aliphatic heterocycles. The van der Waals surface area contributed by atoms with E-state index in [4.69, 9.17) is 14.2 Å². The summed E-state index contributed by atoms with van der Waals surface area (Å²) in [7, 11) is 3.28. The topological polar surface area (TPSA) is 65.8 Å². The van der Waals surface area contributed by atoms with Gasteiger partial charge in [-0.15, -0.1) is 0 Å². The summed E-state index contributed by atoms with van der Waals surface area (Å²) in [6.45, 7) is 3.16. The molecule has 0 saturated heterocycles. The third-order valence-electron chi connectivity index (χ3n) is 6.21. The number of hydrogen-bond acceptors (Lipinski definition) is 6. The van der Waals surface area contributed by atoms with Gasteiger partial charge in [0.05, 0.1) is 33.0 Å². The van der Waals surface area contributed by atoms with Crippen molar-refractivity contribution < 1.29 is 14.2 Å².